The summed E-state index contributed by atoms with van der Waals surface area (Å²) in [4.78, 5) is 39.8. The molecule has 2 aromatic heterocycles. The maximum atomic E-state index is 13.9. The van der Waals surface area contributed by atoms with E-state index in [0.717, 1.165) is 51.8 Å². The Hall–Kier alpha value is -5.03. The first-order valence-corrected chi connectivity index (χ1v) is 16.9. The lowest BCUT2D eigenvalue weighted by Gasteiger charge is -2.32. The van der Waals surface area contributed by atoms with Crippen LogP contribution in [0.3, 0.4) is 0 Å². The minimum atomic E-state index is -3.08. The second-order valence-electron chi connectivity index (χ2n) is 12.8. The van der Waals surface area contributed by atoms with E-state index in [0.29, 0.717) is 55.1 Å². The first-order valence-electron chi connectivity index (χ1n) is 16.9. The maximum Gasteiger partial charge on any atom is 0.271 e. The fourth-order valence-corrected chi connectivity index (χ4v) is 5.71. The van der Waals surface area contributed by atoms with Gasteiger partial charge < -0.3 is 31.0 Å². The Morgan fingerprint density at radius 1 is 0.941 bits per heavy atom. The van der Waals surface area contributed by atoms with Gasteiger partial charge >= 0.3 is 0 Å². The first kappa shape index (κ1) is 35.8. The van der Waals surface area contributed by atoms with Gasteiger partial charge in [0.2, 0.25) is 0 Å². The Labute approximate surface area is 295 Å². The molecule has 2 aliphatic heterocycles. The van der Waals surface area contributed by atoms with Crippen LogP contribution in [0.15, 0.2) is 60.9 Å². The van der Waals surface area contributed by atoms with Gasteiger partial charge in [0.05, 0.1) is 13.2 Å². The quantitative estimate of drug-likeness (QED) is 0.171. The second kappa shape index (κ2) is 15.9. The van der Waals surface area contributed by atoms with Gasteiger partial charge in [-0.1, -0.05) is 18.2 Å². The van der Waals surface area contributed by atoms with E-state index in [1.807, 2.05) is 13.0 Å². The second-order valence-corrected chi connectivity index (χ2v) is 12.8. The topological polar surface area (TPSA) is 145 Å². The maximum absolute atomic E-state index is 13.9. The summed E-state index contributed by atoms with van der Waals surface area (Å²) in [6.45, 7) is 10.3. The Morgan fingerprint density at radius 3 is 2.49 bits per heavy atom. The van der Waals surface area contributed by atoms with Crippen molar-refractivity contribution in [3.05, 3.63) is 83.3 Å². The van der Waals surface area contributed by atoms with Crippen LogP contribution < -0.4 is 21.4 Å². The molecule has 270 valence electrons. The number of carbonyl (C=O) groups is 2. The molecule has 2 amide bonds. The van der Waals surface area contributed by atoms with Crippen LogP contribution in [0.25, 0.3) is 5.82 Å². The summed E-state index contributed by atoms with van der Waals surface area (Å²) < 4.78 is 34.8. The van der Waals surface area contributed by atoms with Crippen molar-refractivity contribution in [1.29, 1.82) is 0 Å². The summed E-state index contributed by atoms with van der Waals surface area (Å²) in [7, 11) is 2.09. The average molecular weight is 704 g/mol. The largest absolute Gasteiger partial charge is 0.379 e. The van der Waals surface area contributed by atoms with Crippen molar-refractivity contribution in [3.8, 4) is 5.82 Å². The monoisotopic (exact) mass is 703 g/mol. The van der Waals surface area contributed by atoms with E-state index in [4.69, 9.17) is 4.74 Å². The number of aryl methyl sites for hydroxylation is 1. The van der Waals surface area contributed by atoms with Crippen molar-refractivity contribution in [1.82, 2.24) is 39.9 Å². The molecule has 2 aromatic carbocycles. The number of amides is 2. The van der Waals surface area contributed by atoms with Crippen LogP contribution in [-0.4, -0.2) is 119 Å². The molecule has 0 spiro atoms. The summed E-state index contributed by atoms with van der Waals surface area (Å²) in [5, 5.41) is 15.9. The molecule has 0 bridgehead atoms. The Morgan fingerprint density at radius 2 is 1.73 bits per heavy atom. The molecule has 0 atom stereocenters. The number of alkyl halides is 2. The van der Waals surface area contributed by atoms with Gasteiger partial charge in [0.15, 0.2) is 11.5 Å². The highest BCUT2D eigenvalue weighted by molar-refractivity contribution is 6.04. The van der Waals surface area contributed by atoms with E-state index in [-0.39, 0.29) is 22.7 Å². The highest BCUT2D eigenvalue weighted by atomic mass is 19.3. The first-order chi connectivity index (χ1) is 24.5. The molecule has 2 saturated heterocycles. The number of hydrogen-bond acceptors (Lipinski definition) is 11. The van der Waals surface area contributed by atoms with E-state index in [2.05, 4.69) is 58.3 Å². The number of morpholine rings is 1. The highest BCUT2D eigenvalue weighted by Gasteiger charge is 2.25. The van der Waals surface area contributed by atoms with Gasteiger partial charge in [-0.05, 0) is 43.8 Å². The van der Waals surface area contributed by atoms with Crippen molar-refractivity contribution in [2.45, 2.75) is 19.8 Å². The van der Waals surface area contributed by atoms with Crippen LogP contribution in [0.1, 0.15) is 38.9 Å². The zero-order chi connectivity index (χ0) is 36.0. The Kier molecular flexibility index (Phi) is 11.1. The molecule has 51 heavy (non-hydrogen) atoms. The van der Waals surface area contributed by atoms with Crippen LogP contribution in [-0.2, 0) is 10.7 Å². The molecule has 6 rings (SSSR count). The summed E-state index contributed by atoms with van der Waals surface area (Å²) >= 11 is 0. The zero-order valence-corrected chi connectivity index (χ0v) is 29.0. The molecule has 4 heterocycles. The summed E-state index contributed by atoms with van der Waals surface area (Å²) in [6.07, 6.45) is 1.44. The number of hydrogen-bond donors (Lipinski definition) is 4. The number of nitrogens with zero attached hydrogens (tertiary/aromatic N) is 7. The number of piperazine rings is 1. The Bertz CT molecular complexity index is 1830. The molecule has 0 aliphatic carbocycles. The third kappa shape index (κ3) is 9.40. The molecule has 14 nitrogen and oxygen atoms in total. The number of hydrazine groups is 1. The van der Waals surface area contributed by atoms with Crippen LogP contribution >= 0.6 is 0 Å². The molecular formula is C35H43F2N11O3. The molecule has 4 aromatic rings. The third-order valence-corrected chi connectivity index (χ3v) is 8.79. The van der Waals surface area contributed by atoms with Crippen molar-refractivity contribution >= 4 is 34.8 Å². The van der Waals surface area contributed by atoms with Crippen molar-refractivity contribution in [2.75, 3.05) is 88.7 Å². The molecule has 0 saturated carbocycles. The Balaban J connectivity index is 1.24. The molecule has 4 N–H and O–H groups in total. The SMILES string of the molecule is Cc1ccc(NC(=O)c2cccc(C(C)(F)F)c2)cc1Nc1cc(C(=O)NCCN2CCOCC2)nn1-c1cc(NN2CCN(C)CC2)ncn1. The smallest absolute Gasteiger partial charge is 0.271 e. The fourth-order valence-electron chi connectivity index (χ4n) is 5.71. The van der Waals surface area contributed by atoms with Gasteiger partial charge in [0.25, 0.3) is 17.7 Å². The molecule has 2 fully saturated rings. The lowest BCUT2D eigenvalue weighted by Crippen LogP contribution is -2.47. The lowest BCUT2D eigenvalue weighted by atomic mass is 10.1. The predicted octanol–water partition coefficient (Wildman–Crippen LogP) is 3.71. The van der Waals surface area contributed by atoms with Crippen molar-refractivity contribution in [3.63, 3.8) is 0 Å². The van der Waals surface area contributed by atoms with E-state index in [1.54, 1.807) is 24.3 Å². The number of rotatable bonds is 12. The fraction of sp³-hybridized carbons (Fsp3) is 0.400. The van der Waals surface area contributed by atoms with E-state index < -0.39 is 11.8 Å². The van der Waals surface area contributed by atoms with Crippen LogP contribution in [0.2, 0.25) is 0 Å². The van der Waals surface area contributed by atoms with E-state index >= 15 is 0 Å². The van der Waals surface area contributed by atoms with Crippen LogP contribution in [0.4, 0.5) is 31.8 Å². The summed E-state index contributed by atoms with van der Waals surface area (Å²) in [5.41, 5.74) is 5.29. The van der Waals surface area contributed by atoms with Gasteiger partial charge in [-0.15, -0.1) is 0 Å². The molecular weight excluding hydrogens is 660 g/mol. The minimum Gasteiger partial charge on any atom is -0.379 e. The molecule has 0 unspecified atom stereocenters. The highest BCUT2D eigenvalue weighted by Crippen LogP contribution is 2.29. The number of carbonyl (C=O) groups excluding carboxylic acids is 2. The number of ether oxygens (including phenoxy) is 1. The number of anilines is 4. The van der Waals surface area contributed by atoms with Gasteiger partial charge in [0, 0.05) is 93.9 Å². The number of aromatic nitrogens is 4. The van der Waals surface area contributed by atoms with Gasteiger partial charge in [-0.2, -0.15) is 9.78 Å². The van der Waals surface area contributed by atoms with E-state index in [1.165, 1.54) is 35.3 Å². The van der Waals surface area contributed by atoms with Gasteiger partial charge in [0.1, 0.15) is 18.0 Å². The van der Waals surface area contributed by atoms with Crippen molar-refractivity contribution in [2.24, 2.45) is 0 Å². The van der Waals surface area contributed by atoms with Gasteiger partial charge in [-0.3, -0.25) is 14.5 Å². The normalized spacial score (nSPS) is 16.1. The summed E-state index contributed by atoms with van der Waals surface area (Å²) in [6, 6.07) is 14.1. The number of likely N-dealkylation sites (N-methyl/N-ethyl adjacent to an activating group) is 1. The molecule has 0 radical (unpaired) electrons. The average Bonchev–Trinajstić information content (AvgIpc) is 3.55. The zero-order valence-electron chi connectivity index (χ0n) is 29.0. The number of halogens is 2. The van der Waals surface area contributed by atoms with E-state index in [9.17, 15) is 18.4 Å². The number of benzene rings is 2. The minimum absolute atomic E-state index is 0.108. The van der Waals surface area contributed by atoms with Gasteiger partial charge in [-0.25, -0.2) is 23.8 Å². The molecule has 16 heteroatoms. The predicted molar refractivity (Wildman–Crippen MR) is 190 cm³/mol. The van der Waals surface area contributed by atoms with Crippen molar-refractivity contribution < 1.29 is 23.1 Å². The summed E-state index contributed by atoms with van der Waals surface area (Å²) in [5.74, 6) is -2.50. The lowest BCUT2D eigenvalue weighted by molar-refractivity contribution is 0.0174. The third-order valence-electron chi connectivity index (χ3n) is 8.79. The van der Waals surface area contributed by atoms with Crippen LogP contribution in [0, 0.1) is 6.92 Å². The standard InChI is InChI=1S/C35H43F2N11O3/c1-24-7-8-27(41-33(49)25-5-4-6-26(19-25)35(2,36)37)20-28(24)42-32-21-29(34(50)38-9-10-46-15-17-51-18-16-46)43-48(32)31-22-30(39-23-40-31)44-47-13-11-45(3)12-14-47/h4-8,19-23,42H,9-18H2,1-3H3,(H,38,50)(H,41,49)(H,39,40,44). The number of nitrogens with one attached hydrogen (secondary N) is 4. The van der Waals surface area contributed by atoms with Crippen LogP contribution in [0.5, 0.6) is 0 Å². The molecule has 2 aliphatic rings.